The van der Waals surface area contributed by atoms with Crippen LogP contribution >= 0.6 is 11.6 Å². The van der Waals surface area contributed by atoms with Gasteiger partial charge >= 0.3 is 5.97 Å². The fourth-order valence-corrected chi connectivity index (χ4v) is 5.49. The number of nitrogens with zero attached hydrogens (tertiary/aromatic N) is 4. The van der Waals surface area contributed by atoms with Crippen LogP contribution < -0.4 is 10.1 Å². The Hall–Kier alpha value is -3.69. The molecule has 0 spiro atoms. The van der Waals surface area contributed by atoms with E-state index in [9.17, 15) is 14.3 Å². The maximum Gasteiger partial charge on any atom is 0.307 e. The summed E-state index contributed by atoms with van der Waals surface area (Å²) in [6, 6.07) is 8.31. The van der Waals surface area contributed by atoms with Gasteiger partial charge in [0.25, 0.3) is 0 Å². The molecule has 0 saturated carbocycles. The maximum atomic E-state index is 14.0. The lowest BCUT2D eigenvalue weighted by Gasteiger charge is -2.36. The van der Waals surface area contributed by atoms with Gasteiger partial charge in [-0.3, -0.25) is 9.36 Å². The fraction of sp³-hybridized carbons (Fsp3) is 0.269. The van der Waals surface area contributed by atoms with Crippen molar-refractivity contribution in [3.8, 4) is 11.6 Å². The third-order valence-electron chi connectivity index (χ3n) is 6.73. The highest BCUT2D eigenvalue weighted by molar-refractivity contribution is 6.32. The molecule has 2 N–H and O–H groups in total. The van der Waals surface area contributed by atoms with E-state index in [2.05, 4.69) is 33.3 Å². The minimum atomic E-state index is -1.01. The second-order valence-electron chi connectivity index (χ2n) is 9.32. The first-order valence-electron chi connectivity index (χ1n) is 11.6. The Bertz CT molecular complexity index is 1520. The van der Waals surface area contributed by atoms with E-state index in [4.69, 9.17) is 16.3 Å². The van der Waals surface area contributed by atoms with Crippen molar-refractivity contribution in [2.24, 2.45) is 0 Å². The molecule has 184 valence electrons. The van der Waals surface area contributed by atoms with Gasteiger partial charge in [0.05, 0.1) is 24.7 Å². The van der Waals surface area contributed by atoms with Crippen LogP contribution in [-0.2, 0) is 17.8 Å². The largest absolute Gasteiger partial charge is 0.493 e. The summed E-state index contributed by atoms with van der Waals surface area (Å²) in [4.78, 5) is 22.7. The summed E-state index contributed by atoms with van der Waals surface area (Å²) in [5.74, 6) is 0.585. The van der Waals surface area contributed by atoms with Crippen LogP contribution in [0.1, 0.15) is 29.0 Å². The molecule has 0 saturated heterocycles. The first-order valence-corrected chi connectivity index (χ1v) is 12.0. The van der Waals surface area contributed by atoms with E-state index in [1.807, 2.05) is 6.07 Å². The molecule has 1 atom stereocenters. The van der Waals surface area contributed by atoms with Gasteiger partial charge in [-0.25, -0.2) is 9.37 Å². The number of halogens is 2. The molecule has 2 aromatic carbocycles. The van der Waals surface area contributed by atoms with E-state index < -0.39 is 11.8 Å². The van der Waals surface area contributed by atoms with Crippen LogP contribution in [-0.4, -0.2) is 50.7 Å². The zero-order chi connectivity index (χ0) is 25.0. The van der Waals surface area contributed by atoms with Crippen molar-refractivity contribution < 1.29 is 19.0 Å². The molecule has 2 aliphatic rings. The molecule has 1 unspecified atom stereocenters. The number of carboxylic acids is 1. The quantitative estimate of drug-likeness (QED) is 0.397. The normalized spacial score (nSPS) is 17.0. The fourth-order valence-electron chi connectivity index (χ4n) is 5.31. The predicted octanol–water partition coefficient (Wildman–Crippen LogP) is 4.90. The number of aliphatic carboxylic acids is 1. The molecule has 2 aromatic heterocycles. The van der Waals surface area contributed by atoms with Crippen LogP contribution in [0.15, 0.2) is 42.7 Å². The molecule has 6 rings (SSSR count). The van der Waals surface area contributed by atoms with E-state index in [-0.39, 0.29) is 11.4 Å². The summed E-state index contributed by atoms with van der Waals surface area (Å²) < 4.78 is 21.6. The van der Waals surface area contributed by atoms with Crippen LogP contribution in [0.3, 0.4) is 0 Å². The average molecular weight is 508 g/mol. The molecule has 10 heteroatoms. The smallest absolute Gasteiger partial charge is 0.307 e. The molecule has 0 amide bonds. The highest BCUT2D eigenvalue weighted by atomic mass is 35.5. The summed E-state index contributed by atoms with van der Waals surface area (Å²) in [7, 11) is 2.12. The standard InChI is InChI=1S/C26H23ClFN5O3/c1-32-11-14-4-5-36-22-9-18(6-16(12-32)24(14)22)30-26-29-10-20(27)25(31-26)33-13-15(7-23(34)35)19-8-17(28)2-3-21(19)33/h2-3,6,8-10,13-14H,4-5,7,11-12H2,1H3,(H,34,35)(H,29,30,31). The number of benzene rings is 2. The zero-order valence-electron chi connectivity index (χ0n) is 19.5. The number of carboxylic acid groups (broad SMARTS) is 1. The lowest BCUT2D eigenvalue weighted by atomic mass is 9.85. The van der Waals surface area contributed by atoms with Crippen LogP contribution in [0.25, 0.3) is 16.7 Å². The second-order valence-corrected chi connectivity index (χ2v) is 9.73. The number of likely N-dealkylation sites (N-methyl/N-ethyl adjacent to an activating group) is 1. The molecule has 4 aromatic rings. The summed E-state index contributed by atoms with van der Waals surface area (Å²) in [5, 5.41) is 13.4. The summed E-state index contributed by atoms with van der Waals surface area (Å²) in [6.45, 7) is 2.55. The average Bonchev–Trinajstić information content (AvgIpc) is 3.16. The molecular formula is C26H23ClFN5O3. The Morgan fingerprint density at radius 2 is 2.19 bits per heavy atom. The molecule has 0 radical (unpaired) electrons. The van der Waals surface area contributed by atoms with Gasteiger partial charge in [-0.1, -0.05) is 11.6 Å². The highest BCUT2D eigenvalue weighted by Crippen LogP contribution is 2.42. The third-order valence-corrected chi connectivity index (χ3v) is 7.00. The topological polar surface area (TPSA) is 92.5 Å². The van der Waals surface area contributed by atoms with Gasteiger partial charge in [0.1, 0.15) is 16.6 Å². The Kier molecular flexibility index (Phi) is 5.54. The van der Waals surface area contributed by atoms with E-state index in [1.54, 1.807) is 16.8 Å². The first-order chi connectivity index (χ1) is 17.4. The second kappa shape index (κ2) is 8.76. The van der Waals surface area contributed by atoms with Crippen LogP contribution in [0.4, 0.5) is 16.0 Å². The van der Waals surface area contributed by atoms with Gasteiger partial charge in [0, 0.05) is 47.9 Å². The van der Waals surface area contributed by atoms with Crippen LogP contribution in [0.2, 0.25) is 5.02 Å². The number of rotatable bonds is 5. The number of nitrogens with one attached hydrogen (secondary N) is 1. The monoisotopic (exact) mass is 507 g/mol. The van der Waals surface area contributed by atoms with Gasteiger partial charge < -0.3 is 20.1 Å². The lowest BCUT2D eigenvalue weighted by Crippen LogP contribution is -2.33. The lowest BCUT2D eigenvalue weighted by molar-refractivity contribution is -0.136. The van der Waals surface area contributed by atoms with Crippen molar-refractivity contribution in [1.29, 1.82) is 0 Å². The van der Waals surface area contributed by atoms with Crippen molar-refractivity contribution >= 4 is 40.1 Å². The minimum absolute atomic E-state index is 0.256. The van der Waals surface area contributed by atoms with Crippen molar-refractivity contribution in [2.45, 2.75) is 25.3 Å². The SMILES string of the molecule is CN1Cc2cc(Nc3ncc(Cl)c(-n4cc(CC(=O)O)c5cc(F)ccc54)n3)cc3c2C(CCO3)C1. The molecule has 4 heterocycles. The number of aromatic nitrogens is 3. The molecule has 36 heavy (non-hydrogen) atoms. The van der Waals surface area contributed by atoms with Crippen LogP contribution in [0.5, 0.6) is 5.75 Å². The van der Waals surface area contributed by atoms with Crippen molar-refractivity contribution in [3.63, 3.8) is 0 Å². The zero-order valence-corrected chi connectivity index (χ0v) is 20.2. The Balaban J connectivity index is 1.39. The number of ether oxygens (including phenoxy) is 1. The number of hydrogen-bond acceptors (Lipinski definition) is 6. The molecule has 0 bridgehead atoms. The third kappa shape index (κ3) is 4.04. The van der Waals surface area contributed by atoms with Crippen LogP contribution in [0, 0.1) is 5.82 Å². The summed E-state index contributed by atoms with van der Waals surface area (Å²) >= 11 is 6.47. The van der Waals surface area contributed by atoms with E-state index >= 15 is 0 Å². The Morgan fingerprint density at radius 1 is 1.33 bits per heavy atom. The molecule has 2 aliphatic heterocycles. The van der Waals surface area contributed by atoms with Gasteiger partial charge in [-0.15, -0.1) is 0 Å². The van der Waals surface area contributed by atoms with Gasteiger partial charge in [0.15, 0.2) is 5.82 Å². The highest BCUT2D eigenvalue weighted by Gasteiger charge is 2.30. The van der Waals surface area contributed by atoms with E-state index in [0.717, 1.165) is 30.9 Å². The molecular weight excluding hydrogens is 485 g/mol. The molecule has 0 aliphatic carbocycles. The predicted molar refractivity (Wildman–Crippen MR) is 134 cm³/mol. The van der Waals surface area contributed by atoms with Crippen molar-refractivity contribution in [2.75, 3.05) is 25.5 Å². The minimum Gasteiger partial charge on any atom is -0.493 e. The number of carbonyl (C=O) groups is 1. The maximum absolute atomic E-state index is 14.0. The Labute approximate surface area is 211 Å². The number of hydrogen-bond donors (Lipinski definition) is 2. The van der Waals surface area contributed by atoms with E-state index in [0.29, 0.717) is 40.8 Å². The van der Waals surface area contributed by atoms with E-state index in [1.165, 1.54) is 29.5 Å². The van der Waals surface area contributed by atoms with Gasteiger partial charge in [-0.2, -0.15) is 4.98 Å². The summed E-state index contributed by atoms with van der Waals surface area (Å²) in [6.07, 6.45) is 3.87. The van der Waals surface area contributed by atoms with Crippen molar-refractivity contribution in [1.82, 2.24) is 19.4 Å². The first kappa shape index (κ1) is 22.8. The van der Waals surface area contributed by atoms with Gasteiger partial charge in [0.2, 0.25) is 5.95 Å². The van der Waals surface area contributed by atoms with Gasteiger partial charge in [-0.05, 0) is 48.9 Å². The summed E-state index contributed by atoms with van der Waals surface area (Å²) in [5.41, 5.74) is 4.38. The Morgan fingerprint density at radius 3 is 3.03 bits per heavy atom. The molecule has 0 fully saturated rings. The number of fused-ring (bicyclic) bond motifs is 1. The number of anilines is 2. The van der Waals surface area contributed by atoms with Crippen molar-refractivity contribution in [3.05, 3.63) is 70.3 Å². The molecule has 8 nitrogen and oxygen atoms in total.